The van der Waals surface area contributed by atoms with Crippen LogP contribution in [-0.2, 0) is 9.53 Å². The predicted molar refractivity (Wildman–Crippen MR) is 63.9 cm³/mol. The molecule has 0 fully saturated rings. The minimum absolute atomic E-state index is 0.250. The first-order chi connectivity index (χ1) is 8.07. The van der Waals surface area contributed by atoms with E-state index in [1.54, 1.807) is 14.0 Å². The Morgan fingerprint density at radius 3 is 2.47 bits per heavy atom. The Morgan fingerprint density at radius 1 is 1.24 bits per heavy atom. The fraction of sp³-hybridized carbons (Fsp3) is 0.818. The molecular formula is C11H22N2O4. The maximum atomic E-state index is 11.2. The third-order valence-electron chi connectivity index (χ3n) is 2.35. The molecule has 2 amide bonds. The number of aliphatic carboxylic acids is 1. The second-order valence-electron chi connectivity index (χ2n) is 3.91. The van der Waals surface area contributed by atoms with Crippen LogP contribution < -0.4 is 10.6 Å². The van der Waals surface area contributed by atoms with Crippen molar-refractivity contribution in [3.05, 3.63) is 0 Å². The van der Waals surface area contributed by atoms with Gasteiger partial charge in [-0.15, -0.1) is 0 Å². The lowest BCUT2D eigenvalue weighted by Gasteiger charge is -2.09. The van der Waals surface area contributed by atoms with Gasteiger partial charge in [0, 0.05) is 26.8 Å². The summed E-state index contributed by atoms with van der Waals surface area (Å²) in [5.74, 6) is -1.27. The first-order valence-corrected chi connectivity index (χ1v) is 5.81. The van der Waals surface area contributed by atoms with Gasteiger partial charge >= 0.3 is 12.0 Å². The van der Waals surface area contributed by atoms with E-state index in [0.29, 0.717) is 26.1 Å². The summed E-state index contributed by atoms with van der Waals surface area (Å²) in [5.41, 5.74) is 0. The summed E-state index contributed by atoms with van der Waals surface area (Å²) in [6, 6.07) is -0.250. The Morgan fingerprint density at radius 2 is 1.88 bits per heavy atom. The molecular weight excluding hydrogens is 224 g/mol. The zero-order valence-electron chi connectivity index (χ0n) is 10.5. The fourth-order valence-corrected chi connectivity index (χ4v) is 1.16. The summed E-state index contributed by atoms with van der Waals surface area (Å²) in [6.45, 7) is 3.28. The van der Waals surface area contributed by atoms with Crippen molar-refractivity contribution >= 4 is 12.0 Å². The highest BCUT2D eigenvalue weighted by atomic mass is 16.5. The van der Waals surface area contributed by atoms with E-state index in [4.69, 9.17) is 9.84 Å². The highest BCUT2D eigenvalue weighted by molar-refractivity contribution is 5.74. The molecule has 0 heterocycles. The number of hydrogen-bond acceptors (Lipinski definition) is 3. The van der Waals surface area contributed by atoms with Crippen molar-refractivity contribution in [3.8, 4) is 0 Å². The topological polar surface area (TPSA) is 87.7 Å². The number of carbonyl (C=O) groups excluding carboxylic acids is 1. The smallest absolute Gasteiger partial charge is 0.314 e. The van der Waals surface area contributed by atoms with Crippen LogP contribution in [0.2, 0.25) is 0 Å². The van der Waals surface area contributed by atoms with Crippen LogP contribution in [-0.4, -0.2) is 43.9 Å². The number of carboxylic acids is 1. The Hall–Kier alpha value is -1.30. The van der Waals surface area contributed by atoms with Crippen LogP contribution >= 0.6 is 0 Å². The van der Waals surface area contributed by atoms with E-state index < -0.39 is 11.9 Å². The molecule has 0 bridgehead atoms. The van der Waals surface area contributed by atoms with E-state index in [-0.39, 0.29) is 6.03 Å². The van der Waals surface area contributed by atoms with Crippen molar-refractivity contribution in [2.24, 2.45) is 5.92 Å². The van der Waals surface area contributed by atoms with Gasteiger partial charge in [-0.25, -0.2) is 4.79 Å². The van der Waals surface area contributed by atoms with E-state index in [0.717, 1.165) is 12.8 Å². The van der Waals surface area contributed by atoms with E-state index in [1.807, 2.05) is 0 Å². The Kier molecular flexibility index (Phi) is 9.14. The molecule has 6 heteroatoms. The molecule has 1 unspecified atom stereocenters. The third-order valence-corrected chi connectivity index (χ3v) is 2.35. The lowest BCUT2D eigenvalue weighted by molar-refractivity contribution is -0.141. The van der Waals surface area contributed by atoms with Crippen LogP contribution in [0, 0.1) is 5.92 Å². The summed E-state index contributed by atoms with van der Waals surface area (Å²) in [6.07, 6.45) is 2.21. The SMILES string of the molecule is COCCCCNC(=O)NCCC(C)C(=O)O. The number of carboxylic acid groups (broad SMARTS) is 1. The molecule has 0 saturated carbocycles. The molecule has 0 saturated heterocycles. The molecule has 100 valence electrons. The second-order valence-corrected chi connectivity index (χ2v) is 3.91. The van der Waals surface area contributed by atoms with Gasteiger partial charge in [0.25, 0.3) is 0 Å². The van der Waals surface area contributed by atoms with Gasteiger partial charge in [0.2, 0.25) is 0 Å². The van der Waals surface area contributed by atoms with Gasteiger partial charge in [-0.05, 0) is 19.3 Å². The zero-order chi connectivity index (χ0) is 13.1. The Labute approximate surface area is 102 Å². The van der Waals surface area contributed by atoms with Gasteiger partial charge in [-0.1, -0.05) is 6.92 Å². The van der Waals surface area contributed by atoms with Crippen LogP contribution in [0.1, 0.15) is 26.2 Å². The van der Waals surface area contributed by atoms with E-state index >= 15 is 0 Å². The monoisotopic (exact) mass is 246 g/mol. The fourth-order valence-electron chi connectivity index (χ4n) is 1.16. The molecule has 0 spiro atoms. The number of unbranched alkanes of at least 4 members (excludes halogenated alkanes) is 1. The van der Waals surface area contributed by atoms with Crippen molar-refractivity contribution in [1.82, 2.24) is 10.6 Å². The average molecular weight is 246 g/mol. The Balaban J connectivity index is 3.38. The first-order valence-electron chi connectivity index (χ1n) is 5.81. The third kappa shape index (κ3) is 9.62. The van der Waals surface area contributed by atoms with Crippen LogP contribution in [0.4, 0.5) is 4.79 Å². The Bertz CT molecular complexity index is 234. The number of methoxy groups -OCH3 is 1. The number of nitrogens with one attached hydrogen (secondary N) is 2. The molecule has 0 aromatic carbocycles. The van der Waals surface area contributed by atoms with Gasteiger partial charge < -0.3 is 20.5 Å². The van der Waals surface area contributed by atoms with Crippen LogP contribution in [0.25, 0.3) is 0 Å². The number of urea groups is 1. The average Bonchev–Trinajstić information content (AvgIpc) is 2.28. The van der Waals surface area contributed by atoms with Crippen molar-refractivity contribution in [1.29, 1.82) is 0 Å². The molecule has 17 heavy (non-hydrogen) atoms. The molecule has 3 N–H and O–H groups in total. The van der Waals surface area contributed by atoms with E-state index in [1.165, 1.54) is 0 Å². The number of amides is 2. The molecule has 0 aromatic rings. The number of rotatable bonds is 9. The minimum Gasteiger partial charge on any atom is -0.481 e. The quantitative estimate of drug-likeness (QED) is 0.526. The number of hydrogen-bond donors (Lipinski definition) is 3. The van der Waals surface area contributed by atoms with Crippen LogP contribution in [0.5, 0.6) is 0 Å². The lowest BCUT2D eigenvalue weighted by atomic mass is 10.1. The van der Waals surface area contributed by atoms with Gasteiger partial charge in [0.15, 0.2) is 0 Å². The second kappa shape index (κ2) is 9.89. The molecule has 0 rings (SSSR count). The maximum absolute atomic E-state index is 11.2. The maximum Gasteiger partial charge on any atom is 0.314 e. The van der Waals surface area contributed by atoms with E-state index in [2.05, 4.69) is 10.6 Å². The van der Waals surface area contributed by atoms with Crippen molar-refractivity contribution in [3.63, 3.8) is 0 Å². The largest absolute Gasteiger partial charge is 0.481 e. The summed E-state index contributed by atoms with van der Waals surface area (Å²) < 4.78 is 4.88. The summed E-state index contributed by atoms with van der Waals surface area (Å²) in [7, 11) is 1.64. The molecule has 0 aromatic heterocycles. The highest BCUT2D eigenvalue weighted by Gasteiger charge is 2.10. The van der Waals surface area contributed by atoms with E-state index in [9.17, 15) is 9.59 Å². The number of ether oxygens (including phenoxy) is 1. The van der Waals surface area contributed by atoms with Crippen molar-refractivity contribution < 1.29 is 19.4 Å². The summed E-state index contributed by atoms with van der Waals surface area (Å²) >= 11 is 0. The molecule has 0 aliphatic rings. The molecule has 0 radical (unpaired) electrons. The van der Waals surface area contributed by atoms with Crippen LogP contribution in [0.3, 0.4) is 0 Å². The van der Waals surface area contributed by atoms with Gasteiger partial charge in [-0.2, -0.15) is 0 Å². The van der Waals surface area contributed by atoms with Gasteiger partial charge in [0.1, 0.15) is 0 Å². The number of carbonyl (C=O) groups is 2. The lowest BCUT2D eigenvalue weighted by Crippen LogP contribution is -2.37. The summed E-state index contributed by atoms with van der Waals surface area (Å²) in [4.78, 5) is 21.7. The normalized spacial score (nSPS) is 11.9. The highest BCUT2D eigenvalue weighted by Crippen LogP contribution is 1.99. The zero-order valence-corrected chi connectivity index (χ0v) is 10.5. The summed E-state index contributed by atoms with van der Waals surface area (Å²) in [5, 5.41) is 13.9. The molecule has 1 atom stereocenters. The molecule has 0 aliphatic heterocycles. The van der Waals surface area contributed by atoms with Gasteiger partial charge in [-0.3, -0.25) is 4.79 Å². The van der Waals surface area contributed by atoms with Gasteiger partial charge in [0.05, 0.1) is 5.92 Å². The predicted octanol–water partition coefficient (Wildman–Crippen LogP) is 0.823. The van der Waals surface area contributed by atoms with Crippen molar-refractivity contribution in [2.45, 2.75) is 26.2 Å². The standard InChI is InChI=1S/C11H22N2O4/c1-9(10(14)15)5-7-13-11(16)12-6-3-4-8-17-2/h9H,3-8H2,1-2H3,(H,14,15)(H2,12,13,16). The van der Waals surface area contributed by atoms with Crippen molar-refractivity contribution in [2.75, 3.05) is 26.8 Å². The van der Waals surface area contributed by atoms with Crippen LogP contribution in [0.15, 0.2) is 0 Å². The minimum atomic E-state index is -0.841. The molecule has 0 aliphatic carbocycles. The first kappa shape index (κ1) is 15.7. The molecule has 6 nitrogen and oxygen atoms in total.